The van der Waals surface area contributed by atoms with Crippen molar-refractivity contribution < 1.29 is 27.5 Å². The zero-order chi connectivity index (χ0) is 23.3. The van der Waals surface area contributed by atoms with Gasteiger partial charge in [0.1, 0.15) is 5.75 Å². The van der Waals surface area contributed by atoms with Gasteiger partial charge in [-0.3, -0.25) is 9.10 Å². The highest BCUT2D eigenvalue weighted by molar-refractivity contribution is 7.92. The molecule has 1 saturated heterocycles. The summed E-state index contributed by atoms with van der Waals surface area (Å²) in [6, 6.07) is 12.9. The van der Waals surface area contributed by atoms with Crippen molar-refractivity contribution >= 4 is 27.8 Å². The summed E-state index contributed by atoms with van der Waals surface area (Å²) in [7, 11) is -2.23. The number of esters is 1. The molecule has 32 heavy (non-hydrogen) atoms. The van der Waals surface area contributed by atoms with Crippen LogP contribution in [-0.4, -0.2) is 52.1 Å². The number of carbonyl (C=O) groups is 2. The molecular formula is C23H28N2O6S. The maximum Gasteiger partial charge on any atom is 0.409 e. The fraction of sp³-hybridized carbons (Fsp3) is 0.391. The number of rotatable bonds is 6. The number of hydrogen-bond donors (Lipinski definition) is 0. The van der Waals surface area contributed by atoms with Crippen LogP contribution in [0.2, 0.25) is 0 Å². The van der Waals surface area contributed by atoms with E-state index in [0.717, 1.165) is 5.56 Å². The minimum Gasteiger partial charge on any atom is -0.450 e. The number of carbonyl (C=O) groups excluding carboxylic acids is 2. The summed E-state index contributed by atoms with van der Waals surface area (Å²) in [5.74, 6) is -0.544. The summed E-state index contributed by atoms with van der Waals surface area (Å²) in [4.78, 5) is 26.2. The molecule has 1 atom stereocenters. The Kier molecular flexibility index (Phi) is 7.40. The van der Waals surface area contributed by atoms with Crippen molar-refractivity contribution in [3.63, 3.8) is 0 Å². The van der Waals surface area contributed by atoms with Gasteiger partial charge in [-0.15, -0.1) is 0 Å². The third-order valence-electron chi connectivity index (χ3n) is 5.38. The van der Waals surface area contributed by atoms with E-state index in [1.807, 2.05) is 6.92 Å². The molecule has 0 radical (unpaired) electrons. The zero-order valence-electron chi connectivity index (χ0n) is 18.5. The van der Waals surface area contributed by atoms with Crippen LogP contribution in [-0.2, 0) is 19.6 Å². The predicted molar refractivity (Wildman–Crippen MR) is 120 cm³/mol. The van der Waals surface area contributed by atoms with Gasteiger partial charge in [0.2, 0.25) is 0 Å². The van der Waals surface area contributed by atoms with Gasteiger partial charge in [-0.05, 0) is 63.1 Å². The molecule has 0 N–H and O–H groups in total. The SMILES string of the molecule is CCOC(=O)N1CCCC(C(=O)Oc2ccc(N(C)S(=O)(=O)c3ccc(C)cc3)cc2)C1. The maximum absolute atomic E-state index is 12.8. The molecule has 0 aliphatic carbocycles. The lowest BCUT2D eigenvalue weighted by molar-refractivity contribution is -0.140. The number of benzene rings is 2. The Morgan fingerprint density at radius 3 is 2.38 bits per heavy atom. The number of likely N-dealkylation sites (tertiary alicyclic amines) is 1. The van der Waals surface area contributed by atoms with Crippen molar-refractivity contribution in [2.75, 3.05) is 31.0 Å². The van der Waals surface area contributed by atoms with Crippen LogP contribution in [0.3, 0.4) is 0 Å². The van der Waals surface area contributed by atoms with Crippen LogP contribution >= 0.6 is 0 Å². The molecule has 1 unspecified atom stereocenters. The fourth-order valence-electron chi connectivity index (χ4n) is 3.48. The molecule has 8 nitrogen and oxygen atoms in total. The molecule has 9 heteroatoms. The smallest absolute Gasteiger partial charge is 0.409 e. The van der Waals surface area contributed by atoms with Crippen LogP contribution in [0.15, 0.2) is 53.4 Å². The third kappa shape index (κ3) is 5.40. The van der Waals surface area contributed by atoms with E-state index in [0.29, 0.717) is 30.8 Å². The predicted octanol–water partition coefficient (Wildman–Crippen LogP) is 3.59. The minimum absolute atomic E-state index is 0.199. The molecule has 172 valence electrons. The lowest BCUT2D eigenvalue weighted by Crippen LogP contribution is -2.43. The first-order valence-corrected chi connectivity index (χ1v) is 12.0. The van der Waals surface area contributed by atoms with Crippen LogP contribution in [0, 0.1) is 12.8 Å². The van der Waals surface area contributed by atoms with Gasteiger partial charge in [0.15, 0.2) is 0 Å². The van der Waals surface area contributed by atoms with Crippen LogP contribution in [0.25, 0.3) is 0 Å². The van der Waals surface area contributed by atoms with Crippen LogP contribution in [0.1, 0.15) is 25.3 Å². The third-order valence-corrected chi connectivity index (χ3v) is 7.18. The Bertz CT molecular complexity index is 1050. The summed E-state index contributed by atoms with van der Waals surface area (Å²) in [5.41, 5.74) is 1.41. The van der Waals surface area contributed by atoms with E-state index in [2.05, 4.69) is 0 Å². The molecule has 2 aromatic rings. The van der Waals surface area contributed by atoms with E-state index >= 15 is 0 Å². The monoisotopic (exact) mass is 460 g/mol. The first kappa shape index (κ1) is 23.6. The molecule has 1 amide bonds. The number of hydrogen-bond acceptors (Lipinski definition) is 6. The van der Waals surface area contributed by atoms with Gasteiger partial charge in [-0.2, -0.15) is 0 Å². The van der Waals surface area contributed by atoms with E-state index in [4.69, 9.17) is 9.47 Å². The first-order chi connectivity index (χ1) is 15.2. The van der Waals surface area contributed by atoms with Gasteiger partial charge in [-0.1, -0.05) is 17.7 Å². The Morgan fingerprint density at radius 2 is 1.75 bits per heavy atom. The van der Waals surface area contributed by atoms with E-state index in [1.165, 1.54) is 16.3 Å². The number of sulfonamides is 1. The van der Waals surface area contributed by atoms with Gasteiger partial charge in [0, 0.05) is 20.1 Å². The fourth-order valence-corrected chi connectivity index (χ4v) is 4.68. The summed E-state index contributed by atoms with van der Waals surface area (Å²) in [6.07, 6.45) is 0.899. The topological polar surface area (TPSA) is 93.2 Å². The molecule has 0 saturated carbocycles. The standard InChI is InChI=1S/C23H28N2O6S/c1-4-30-23(27)25-15-5-6-18(16-25)22(26)31-20-11-9-19(10-12-20)24(3)32(28,29)21-13-7-17(2)8-14-21/h7-14,18H,4-6,15-16H2,1-3H3. The second-order valence-electron chi connectivity index (χ2n) is 7.68. The van der Waals surface area contributed by atoms with Gasteiger partial charge in [0.25, 0.3) is 10.0 Å². The highest BCUT2D eigenvalue weighted by Gasteiger charge is 2.30. The Hall–Kier alpha value is -3.07. The van der Waals surface area contributed by atoms with Crippen LogP contribution in [0.4, 0.5) is 10.5 Å². The van der Waals surface area contributed by atoms with Gasteiger partial charge >= 0.3 is 12.1 Å². The maximum atomic E-state index is 12.8. The number of anilines is 1. The summed E-state index contributed by atoms with van der Waals surface area (Å²) >= 11 is 0. The van der Waals surface area contributed by atoms with E-state index in [-0.39, 0.29) is 18.0 Å². The van der Waals surface area contributed by atoms with E-state index < -0.39 is 28.0 Å². The van der Waals surface area contributed by atoms with Crippen LogP contribution in [0.5, 0.6) is 5.75 Å². The van der Waals surface area contributed by atoms with Crippen LogP contribution < -0.4 is 9.04 Å². The highest BCUT2D eigenvalue weighted by Crippen LogP contribution is 2.26. The van der Waals surface area contributed by atoms with Crippen molar-refractivity contribution in [3.05, 3.63) is 54.1 Å². The minimum atomic E-state index is -3.70. The average Bonchev–Trinajstić information content (AvgIpc) is 2.79. The van der Waals surface area contributed by atoms with Crippen molar-refractivity contribution in [1.29, 1.82) is 0 Å². The van der Waals surface area contributed by atoms with Gasteiger partial charge in [0.05, 0.1) is 23.1 Å². The molecule has 1 fully saturated rings. The summed E-state index contributed by atoms with van der Waals surface area (Å²) in [6.45, 7) is 4.72. The normalized spacial score (nSPS) is 16.3. The van der Waals surface area contributed by atoms with Gasteiger partial charge in [-0.25, -0.2) is 13.2 Å². The molecule has 3 rings (SSSR count). The number of amides is 1. The van der Waals surface area contributed by atoms with Crippen molar-refractivity contribution in [2.24, 2.45) is 5.92 Å². The molecule has 1 aliphatic heterocycles. The van der Waals surface area contributed by atoms with E-state index in [9.17, 15) is 18.0 Å². The Balaban J connectivity index is 1.64. The van der Waals surface area contributed by atoms with Crippen molar-refractivity contribution in [2.45, 2.75) is 31.6 Å². The number of aryl methyl sites for hydroxylation is 1. The quantitative estimate of drug-likeness (QED) is 0.483. The molecule has 0 aromatic heterocycles. The molecule has 0 spiro atoms. The number of ether oxygens (including phenoxy) is 2. The molecule has 1 heterocycles. The second kappa shape index (κ2) is 10.0. The molecular weight excluding hydrogens is 432 g/mol. The number of nitrogens with zero attached hydrogens (tertiary/aromatic N) is 2. The first-order valence-electron chi connectivity index (χ1n) is 10.5. The second-order valence-corrected chi connectivity index (χ2v) is 9.65. The molecule has 0 bridgehead atoms. The number of piperidine rings is 1. The molecule has 1 aliphatic rings. The van der Waals surface area contributed by atoms with Crippen molar-refractivity contribution in [3.8, 4) is 5.75 Å². The Labute approximate surface area is 188 Å². The Morgan fingerprint density at radius 1 is 1.09 bits per heavy atom. The molecule has 2 aromatic carbocycles. The van der Waals surface area contributed by atoms with E-state index in [1.54, 1.807) is 55.5 Å². The lowest BCUT2D eigenvalue weighted by Gasteiger charge is -2.30. The largest absolute Gasteiger partial charge is 0.450 e. The summed E-state index contributed by atoms with van der Waals surface area (Å²) in [5, 5.41) is 0. The highest BCUT2D eigenvalue weighted by atomic mass is 32.2. The summed E-state index contributed by atoms with van der Waals surface area (Å²) < 4.78 is 37.4. The van der Waals surface area contributed by atoms with Crippen molar-refractivity contribution in [1.82, 2.24) is 4.90 Å². The lowest BCUT2D eigenvalue weighted by atomic mass is 9.98. The van der Waals surface area contributed by atoms with Gasteiger partial charge < -0.3 is 14.4 Å². The zero-order valence-corrected chi connectivity index (χ0v) is 19.3. The average molecular weight is 461 g/mol.